The molecule has 0 saturated heterocycles. The summed E-state index contributed by atoms with van der Waals surface area (Å²) < 4.78 is 33.8. The molecule has 45 heavy (non-hydrogen) atoms. The van der Waals surface area contributed by atoms with Gasteiger partial charge >= 0.3 is 19.8 Å². The normalized spacial score (nSPS) is 14.4. The third-order valence-corrected chi connectivity index (χ3v) is 7.94. The van der Waals surface area contributed by atoms with Crippen molar-refractivity contribution in [3.8, 4) is 0 Å². The third-order valence-electron chi connectivity index (χ3n) is 6.96. The monoisotopic (exact) mass is 658 g/mol. The van der Waals surface area contributed by atoms with E-state index in [1.165, 1.54) is 70.6 Å². The number of likely N-dealkylation sites (N-methyl/N-ethyl adjacent to an activating group) is 1. The first-order chi connectivity index (χ1) is 21.5. The number of carbonyl (C=O) groups excluding carboxylic acids is 2. The van der Waals surface area contributed by atoms with Gasteiger partial charge in [0.05, 0.1) is 40.6 Å². The summed E-state index contributed by atoms with van der Waals surface area (Å²) in [6, 6.07) is 0. The summed E-state index contributed by atoms with van der Waals surface area (Å²) >= 11 is 0. The van der Waals surface area contributed by atoms with E-state index in [9.17, 15) is 19.0 Å². The van der Waals surface area contributed by atoms with Gasteiger partial charge in [0.25, 0.3) is 0 Å². The molecule has 9 nitrogen and oxygen atoms in total. The van der Waals surface area contributed by atoms with Gasteiger partial charge in [-0.25, -0.2) is 4.57 Å². The number of quaternary nitrogens is 1. The number of esters is 2. The molecule has 0 heterocycles. The van der Waals surface area contributed by atoms with Crippen LogP contribution < -0.4 is 0 Å². The van der Waals surface area contributed by atoms with Crippen molar-refractivity contribution < 1.29 is 42.1 Å². The quantitative estimate of drug-likeness (QED) is 0.0269. The minimum atomic E-state index is -4.38. The molecular formula is C35H65NO8P+. The van der Waals surface area contributed by atoms with Gasteiger partial charge in [0.15, 0.2) is 6.10 Å². The number of allylic oxidation sites excluding steroid dienone is 4. The highest BCUT2D eigenvalue weighted by Crippen LogP contribution is 2.43. The molecule has 0 radical (unpaired) electrons. The zero-order valence-corrected chi connectivity index (χ0v) is 30.0. The minimum Gasteiger partial charge on any atom is -0.461 e. The Morgan fingerprint density at radius 2 is 1.20 bits per heavy atom. The molecule has 0 aromatic carbocycles. The SMILES string of the molecule is CCCCCCCC=CCC=CCC(=O)OC[C@H](COP(=O)(O)OCC[N+](C)(C)C)OC(=O)CC=CCCCCCCCCC. The fraction of sp³-hybridized carbons (Fsp3) is 0.771. The summed E-state index contributed by atoms with van der Waals surface area (Å²) in [5.41, 5.74) is 0. The van der Waals surface area contributed by atoms with Gasteiger partial charge in [0, 0.05) is 0 Å². The fourth-order valence-electron chi connectivity index (χ4n) is 4.19. The second-order valence-electron chi connectivity index (χ2n) is 12.6. The molecule has 0 aromatic heterocycles. The van der Waals surface area contributed by atoms with Crippen LogP contribution in [0.15, 0.2) is 36.5 Å². The van der Waals surface area contributed by atoms with Gasteiger partial charge in [0.1, 0.15) is 19.8 Å². The highest BCUT2D eigenvalue weighted by atomic mass is 31.2. The Labute approximate surface area is 274 Å². The van der Waals surface area contributed by atoms with Crippen LogP contribution in [0.1, 0.15) is 123 Å². The predicted octanol–water partition coefficient (Wildman–Crippen LogP) is 8.62. The summed E-state index contributed by atoms with van der Waals surface area (Å²) in [7, 11) is 1.41. The van der Waals surface area contributed by atoms with E-state index in [4.69, 9.17) is 18.5 Å². The number of unbranched alkanes of at least 4 members (excludes halogenated alkanes) is 12. The smallest absolute Gasteiger partial charge is 0.461 e. The van der Waals surface area contributed by atoms with Crippen molar-refractivity contribution in [1.82, 2.24) is 0 Å². The predicted molar refractivity (Wildman–Crippen MR) is 183 cm³/mol. The Hall–Kier alpha value is -1.77. The van der Waals surface area contributed by atoms with Crippen molar-refractivity contribution in [3.05, 3.63) is 36.5 Å². The number of phosphoric acid groups is 1. The molecule has 1 N–H and O–H groups in total. The van der Waals surface area contributed by atoms with Gasteiger partial charge < -0.3 is 18.9 Å². The maximum atomic E-state index is 12.5. The van der Waals surface area contributed by atoms with Crippen LogP contribution in [0.25, 0.3) is 0 Å². The number of hydrogen-bond donors (Lipinski definition) is 1. The molecule has 0 aliphatic carbocycles. The van der Waals surface area contributed by atoms with Crippen molar-refractivity contribution in [1.29, 1.82) is 0 Å². The van der Waals surface area contributed by atoms with Crippen molar-refractivity contribution in [2.75, 3.05) is 47.5 Å². The number of ether oxygens (including phenoxy) is 2. The van der Waals surface area contributed by atoms with E-state index in [2.05, 4.69) is 26.0 Å². The number of hydrogen-bond acceptors (Lipinski definition) is 7. The molecule has 0 fully saturated rings. The lowest BCUT2D eigenvalue weighted by Crippen LogP contribution is -2.37. The van der Waals surface area contributed by atoms with Gasteiger partial charge in [-0.15, -0.1) is 0 Å². The van der Waals surface area contributed by atoms with E-state index < -0.39 is 32.5 Å². The first-order valence-corrected chi connectivity index (χ1v) is 18.7. The summed E-state index contributed by atoms with van der Waals surface area (Å²) in [5.74, 6) is -1.03. The third kappa shape index (κ3) is 32.0. The summed E-state index contributed by atoms with van der Waals surface area (Å²) in [6.45, 7) is 4.19. The standard InChI is InChI=1S/C35H64NO8P/c1-6-8-10-12-14-16-18-20-21-23-25-27-34(37)41-31-33(32-43-45(39,40)42-30-29-36(3,4)5)44-35(38)28-26-24-22-19-17-15-13-11-9-7-2/h18,20,23-26,33H,6-17,19,21-22,27-32H2,1-5H3/p+1/t33-/m1/s1. The van der Waals surface area contributed by atoms with E-state index in [1.54, 1.807) is 12.2 Å². The summed E-state index contributed by atoms with van der Waals surface area (Å²) in [6.07, 6.45) is 28.3. The Kier molecular flexibility index (Phi) is 27.3. The second-order valence-corrected chi connectivity index (χ2v) is 14.0. The second kappa shape index (κ2) is 28.5. The Bertz CT molecular complexity index is 881. The van der Waals surface area contributed by atoms with Gasteiger partial charge in [-0.2, -0.15) is 0 Å². The van der Waals surface area contributed by atoms with E-state index >= 15 is 0 Å². The van der Waals surface area contributed by atoms with Gasteiger partial charge in [-0.05, 0) is 32.1 Å². The molecule has 0 aliphatic rings. The molecule has 0 rings (SSSR count). The number of carbonyl (C=O) groups is 2. The lowest BCUT2D eigenvalue weighted by atomic mass is 10.1. The van der Waals surface area contributed by atoms with Crippen LogP contribution >= 0.6 is 7.82 Å². The van der Waals surface area contributed by atoms with Crippen molar-refractivity contribution in [2.45, 2.75) is 129 Å². The largest absolute Gasteiger partial charge is 0.472 e. The number of phosphoric ester groups is 1. The molecule has 0 amide bonds. The average Bonchev–Trinajstić information content (AvgIpc) is 2.97. The first-order valence-electron chi connectivity index (χ1n) is 17.2. The van der Waals surface area contributed by atoms with Gasteiger partial charge in [-0.1, -0.05) is 115 Å². The Morgan fingerprint density at radius 3 is 1.80 bits per heavy atom. The molecule has 0 bridgehead atoms. The van der Waals surface area contributed by atoms with E-state index in [-0.39, 0.29) is 26.1 Å². The van der Waals surface area contributed by atoms with Crippen LogP contribution in [0.3, 0.4) is 0 Å². The van der Waals surface area contributed by atoms with Gasteiger partial charge in [-0.3, -0.25) is 18.6 Å². The van der Waals surface area contributed by atoms with Crippen LogP contribution in [0.2, 0.25) is 0 Å². The van der Waals surface area contributed by atoms with Crippen LogP contribution in [0.4, 0.5) is 0 Å². The van der Waals surface area contributed by atoms with E-state index in [0.717, 1.165) is 25.7 Å². The molecule has 0 spiro atoms. The lowest BCUT2D eigenvalue weighted by molar-refractivity contribution is -0.870. The van der Waals surface area contributed by atoms with Crippen molar-refractivity contribution >= 4 is 19.8 Å². The number of rotatable bonds is 30. The summed E-state index contributed by atoms with van der Waals surface area (Å²) in [4.78, 5) is 34.8. The highest BCUT2D eigenvalue weighted by molar-refractivity contribution is 7.47. The average molecular weight is 659 g/mol. The Balaban J connectivity index is 4.67. The first kappa shape index (κ1) is 43.2. The minimum absolute atomic E-state index is 0.0146. The maximum Gasteiger partial charge on any atom is 0.472 e. The van der Waals surface area contributed by atoms with Crippen molar-refractivity contribution in [3.63, 3.8) is 0 Å². The van der Waals surface area contributed by atoms with Gasteiger partial charge in [0.2, 0.25) is 0 Å². The maximum absolute atomic E-state index is 12.5. The zero-order valence-electron chi connectivity index (χ0n) is 29.1. The molecule has 0 aliphatic heterocycles. The molecular weight excluding hydrogens is 593 g/mol. The molecule has 10 heteroatoms. The van der Waals surface area contributed by atoms with E-state index in [1.807, 2.05) is 33.3 Å². The highest BCUT2D eigenvalue weighted by Gasteiger charge is 2.26. The number of nitrogens with zero attached hydrogens (tertiary/aromatic N) is 1. The van der Waals surface area contributed by atoms with E-state index in [0.29, 0.717) is 11.0 Å². The van der Waals surface area contributed by atoms with Crippen LogP contribution in [0.5, 0.6) is 0 Å². The fourth-order valence-corrected chi connectivity index (χ4v) is 4.93. The van der Waals surface area contributed by atoms with Crippen LogP contribution in [-0.2, 0) is 32.7 Å². The Morgan fingerprint density at radius 1 is 0.689 bits per heavy atom. The van der Waals surface area contributed by atoms with Crippen LogP contribution in [-0.4, -0.2) is 74.9 Å². The van der Waals surface area contributed by atoms with Crippen LogP contribution in [0, 0.1) is 0 Å². The van der Waals surface area contributed by atoms with Crippen molar-refractivity contribution in [2.24, 2.45) is 0 Å². The molecule has 262 valence electrons. The lowest BCUT2D eigenvalue weighted by Gasteiger charge is -2.24. The zero-order chi connectivity index (χ0) is 33.7. The molecule has 1 unspecified atom stereocenters. The molecule has 0 aromatic rings. The topological polar surface area (TPSA) is 108 Å². The molecule has 0 saturated carbocycles. The summed E-state index contributed by atoms with van der Waals surface area (Å²) in [5, 5.41) is 0. The molecule has 2 atom stereocenters.